The number of carboxylic acid groups (broad SMARTS) is 3. The fourth-order valence-electron chi connectivity index (χ4n) is 1.48. The Kier molecular flexibility index (Phi) is 26.3. The van der Waals surface area contributed by atoms with Gasteiger partial charge in [-0.2, -0.15) is 0 Å². The van der Waals surface area contributed by atoms with Crippen molar-refractivity contribution in [1.29, 1.82) is 0 Å². The van der Waals surface area contributed by atoms with Crippen LogP contribution in [0, 0.1) is 0 Å². The summed E-state index contributed by atoms with van der Waals surface area (Å²) in [5.41, 5.74) is 0. The maximum Gasteiger partial charge on any atom is 1.00 e. The number of hydrogen-bond acceptors (Lipinski definition) is 6. The summed E-state index contributed by atoms with van der Waals surface area (Å²) in [6.07, 6.45) is 0. The summed E-state index contributed by atoms with van der Waals surface area (Å²) in [6, 6.07) is 0. The second-order valence-corrected chi connectivity index (χ2v) is 3.89. The second kappa shape index (κ2) is 18.6. The zero-order valence-electron chi connectivity index (χ0n) is 13.4. The number of nitrogens with zero attached hydrogens (tertiary/aromatic N) is 2. The monoisotopic (exact) mass is 347 g/mol. The van der Waals surface area contributed by atoms with Crippen LogP contribution in [0.5, 0.6) is 0 Å². The molecule has 0 rings (SSSR count). The van der Waals surface area contributed by atoms with Crippen LogP contribution in [0.25, 0.3) is 0 Å². The summed E-state index contributed by atoms with van der Waals surface area (Å²) >= 11 is 0. The number of aliphatic hydroxyl groups is 1. The molecule has 0 atom stereocenters. The van der Waals surface area contributed by atoms with Gasteiger partial charge in [-0.05, 0) is 0 Å². The molecule has 0 aliphatic rings. The van der Waals surface area contributed by atoms with E-state index < -0.39 is 31.0 Å². The third kappa shape index (κ3) is 19.3. The molecule has 0 saturated carbocycles. The van der Waals surface area contributed by atoms with Gasteiger partial charge >= 0.3 is 107 Å². The molecule has 0 radical (unpaired) electrons. The molecule has 0 aromatic heterocycles. The minimum absolute atomic E-state index is 0. The number of carboxylic acids is 3. The van der Waals surface area contributed by atoms with E-state index in [0.717, 1.165) is 0 Å². The topological polar surface area (TPSA) is 139 Å². The van der Waals surface area contributed by atoms with Crippen LogP contribution in [0.15, 0.2) is 0 Å². The zero-order valence-corrected chi connectivity index (χ0v) is 19.4. The van der Waals surface area contributed by atoms with Gasteiger partial charge in [-0.15, -0.1) is 0 Å². The minimum Gasteiger partial charge on any atom is -0.480 e. The molecule has 110 valence electrons. The first-order valence-corrected chi connectivity index (χ1v) is 5.56. The van der Waals surface area contributed by atoms with Crippen LogP contribution in [0.3, 0.4) is 0 Å². The Labute approximate surface area is 194 Å². The van der Waals surface area contributed by atoms with Crippen LogP contribution in [0.4, 0.5) is 0 Å². The molecule has 0 bridgehead atoms. The van der Waals surface area contributed by atoms with Gasteiger partial charge in [-0.3, -0.25) is 24.2 Å². The molecule has 0 aromatic rings. The van der Waals surface area contributed by atoms with E-state index in [1.165, 1.54) is 9.80 Å². The third-order valence-electron chi connectivity index (χ3n) is 2.23. The average Bonchev–Trinajstić information content (AvgIpc) is 2.23. The summed E-state index contributed by atoms with van der Waals surface area (Å²) in [5.74, 6) is -3.39. The van der Waals surface area contributed by atoms with Crippen molar-refractivity contribution in [2.45, 2.75) is 0 Å². The fourth-order valence-corrected chi connectivity index (χ4v) is 1.48. The molecule has 0 saturated heterocycles. The standard InChI is InChI=1S/C10H18N2O7.3Na/c13-4-3-11(5-8(14)15)1-2-12(6-9(16)17)7-10(18)19;;;/h13H,1-7H2,(H,14,15)(H,16,17)(H,18,19);;;/q;3*+1. The molecule has 0 heterocycles. The predicted octanol–water partition coefficient (Wildman–Crippen LogP) is -11.2. The molecule has 0 amide bonds. The summed E-state index contributed by atoms with van der Waals surface area (Å²) < 4.78 is 0. The Balaban J connectivity index is -0.000000540. The van der Waals surface area contributed by atoms with Crippen molar-refractivity contribution in [2.24, 2.45) is 0 Å². The number of aliphatic hydroxyl groups excluding tert-OH is 1. The van der Waals surface area contributed by atoms with Crippen LogP contribution < -0.4 is 88.7 Å². The molecule has 0 fully saturated rings. The molecular weight excluding hydrogens is 329 g/mol. The first-order valence-electron chi connectivity index (χ1n) is 5.56. The van der Waals surface area contributed by atoms with E-state index in [-0.39, 0.29) is 121 Å². The molecule has 0 spiro atoms. The molecule has 12 heteroatoms. The maximum atomic E-state index is 10.6. The quantitative estimate of drug-likeness (QED) is 0.268. The van der Waals surface area contributed by atoms with E-state index in [2.05, 4.69) is 0 Å². The summed E-state index contributed by atoms with van der Waals surface area (Å²) in [6.45, 7) is -1.03. The zero-order chi connectivity index (χ0) is 14.8. The van der Waals surface area contributed by atoms with Gasteiger partial charge in [-0.25, -0.2) is 0 Å². The van der Waals surface area contributed by atoms with Gasteiger partial charge < -0.3 is 20.4 Å². The third-order valence-corrected chi connectivity index (χ3v) is 2.23. The fraction of sp³-hybridized carbons (Fsp3) is 0.700. The first-order chi connectivity index (χ1) is 8.85. The molecule has 22 heavy (non-hydrogen) atoms. The van der Waals surface area contributed by atoms with Crippen molar-refractivity contribution < 1.29 is 123 Å². The molecule has 9 nitrogen and oxygen atoms in total. The Morgan fingerprint density at radius 1 is 0.636 bits per heavy atom. The van der Waals surface area contributed by atoms with E-state index in [1.807, 2.05) is 0 Å². The van der Waals surface area contributed by atoms with Gasteiger partial charge in [0.25, 0.3) is 0 Å². The van der Waals surface area contributed by atoms with Gasteiger partial charge in [0.2, 0.25) is 0 Å². The first kappa shape index (κ1) is 31.1. The molecular formula is C10H18N2Na3O7+3. The van der Waals surface area contributed by atoms with Gasteiger partial charge in [0.05, 0.1) is 26.2 Å². The van der Waals surface area contributed by atoms with E-state index in [0.29, 0.717) is 0 Å². The largest absolute Gasteiger partial charge is 1.00 e. The smallest absolute Gasteiger partial charge is 0.480 e. The van der Waals surface area contributed by atoms with Crippen LogP contribution in [0.2, 0.25) is 0 Å². The Morgan fingerprint density at radius 3 is 1.27 bits per heavy atom. The normalized spacial score (nSPS) is 9.41. The number of hydrogen-bond donors (Lipinski definition) is 4. The van der Waals surface area contributed by atoms with Crippen molar-refractivity contribution in [2.75, 3.05) is 45.9 Å². The molecule has 0 unspecified atom stereocenters. The summed E-state index contributed by atoms with van der Waals surface area (Å²) in [4.78, 5) is 34.3. The van der Waals surface area contributed by atoms with Crippen molar-refractivity contribution in [1.82, 2.24) is 9.80 Å². The van der Waals surface area contributed by atoms with Crippen molar-refractivity contribution in [3.63, 3.8) is 0 Å². The number of rotatable bonds is 11. The summed E-state index contributed by atoms with van der Waals surface area (Å²) in [5, 5.41) is 34.7. The van der Waals surface area contributed by atoms with Gasteiger partial charge in [0.1, 0.15) is 0 Å². The van der Waals surface area contributed by atoms with Gasteiger partial charge in [0.15, 0.2) is 0 Å². The van der Waals surface area contributed by atoms with Crippen LogP contribution in [-0.4, -0.2) is 94.0 Å². The molecule has 0 aliphatic carbocycles. The van der Waals surface area contributed by atoms with Crippen molar-refractivity contribution in [3.05, 3.63) is 0 Å². The predicted molar refractivity (Wildman–Crippen MR) is 62.9 cm³/mol. The van der Waals surface area contributed by atoms with E-state index in [4.69, 9.17) is 20.4 Å². The van der Waals surface area contributed by atoms with Crippen molar-refractivity contribution >= 4 is 17.9 Å². The SMILES string of the molecule is O=C(O)CN(CCO)CCN(CC(=O)O)CC(=O)O.[Na+].[Na+].[Na+]. The number of aliphatic carboxylic acids is 3. The maximum absolute atomic E-state index is 10.6. The van der Waals surface area contributed by atoms with E-state index in [1.54, 1.807) is 0 Å². The van der Waals surface area contributed by atoms with Gasteiger partial charge in [0, 0.05) is 19.6 Å². The van der Waals surface area contributed by atoms with E-state index in [9.17, 15) is 14.4 Å². The van der Waals surface area contributed by atoms with Crippen LogP contribution in [0.1, 0.15) is 0 Å². The molecule has 0 aromatic carbocycles. The second-order valence-electron chi connectivity index (χ2n) is 3.89. The Hall–Kier alpha value is 1.29. The summed E-state index contributed by atoms with van der Waals surface area (Å²) in [7, 11) is 0. The van der Waals surface area contributed by atoms with Gasteiger partial charge in [-0.1, -0.05) is 0 Å². The molecule has 4 N–H and O–H groups in total. The average molecular weight is 347 g/mol. The minimum atomic E-state index is -1.16. The van der Waals surface area contributed by atoms with Crippen LogP contribution >= 0.6 is 0 Å². The Morgan fingerprint density at radius 2 is 0.955 bits per heavy atom. The van der Waals surface area contributed by atoms with E-state index >= 15 is 0 Å². The molecule has 0 aliphatic heterocycles. The number of carbonyl (C=O) groups is 3. The Bertz CT molecular complexity index is 318. The van der Waals surface area contributed by atoms with Crippen molar-refractivity contribution in [3.8, 4) is 0 Å². The van der Waals surface area contributed by atoms with Crippen LogP contribution in [-0.2, 0) is 14.4 Å².